The molecule has 336 valence electrons. The predicted octanol–water partition coefficient (Wildman–Crippen LogP) is 5.57. The number of carbonyl (C=O) groups is 5. The van der Waals surface area contributed by atoms with Gasteiger partial charge in [0.2, 0.25) is 27.7 Å². The Morgan fingerprint density at radius 1 is 1.02 bits per heavy atom. The third-order valence-corrected chi connectivity index (χ3v) is 14.5. The highest BCUT2D eigenvalue weighted by molar-refractivity contribution is 7.91. The van der Waals surface area contributed by atoms with Crippen LogP contribution in [0.1, 0.15) is 58.4 Å². The molecule has 2 saturated heterocycles. The zero-order valence-corrected chi connectivity index (χ0v) is 37.1. The number of methoxy groups -OCH3 is 1. The Morgan fingerprint density at radius 3 is 2.36 bits per heavy atom. The minimum atomic E-state index is -3.95. The molecule has 16 heteroatoms. The van der Waals surface area contributed by atoms with Gasteiger partial charge in [0, 0.05) is 41.8 Å². The smallest absolute Gasteiger partial charge is 0.416 e. The number of carbonyl (C=O) groups excluding carboxylic acids is 5. The van der Waals surface area contributed by atoms with Crippen LogP contribution in [0, 0.1) is 17.3 Å². The van der Waals surface area contributed by atoms with Crippen molar-refractivity contribution >= 4 is 50.6 Å². The average molecular weight is 892 g/mol. The SMILES string of the molecule is C=CC1CC1(NC(=O)[C@@H]1C[C@@H](Oc2cc(-c3ccccc3)nc3cc(OC)ccc23)CN1C(=O)CC(C(=O)N1C(=O)OCC1Cc1ccccc1)C(C)(C)C)C(=O)NS(=O)(=O)C1CC1. The molecular formula is C48H53N5O10S. The zero-order chi connectivity index (χ0) is 45.6. The van der Waals surface area contributed by atoms with E-state index in [4.69, 9.17) is 19.2 Å². The lowest BCUT2D eigenvalue weighted by Crippen LogP contribution is -2.57. The fraction of sp³-hybridized carbons (Fsp3) is 0.417. The minimum Gasteiger partial charge on any atom is -0.497 e. The molecule has 2 N–H and O–H groups in total. The molecule has 2 aliphatic heterocycles. The van der Waals surface area contributed by atoms with Gasteiger partial charge in [0.05, 0.1) is 42.1 Å². The number of ether oxygens (including phenoxy) is 3. The Labute approximate surface area is 372 Å². The van der Waals surface area contributed by atoms with E-state index in [1.807, 2.05) is 87.5 Å². The number of fused-ring (bicyclic) bond motifs is 1. The molecule has 2 saturated carbocycles. The molecule has 2 aliphatic carbocycles. The lowest BCUT2D eigenvalue weighted by atomic mass is 9.77. The highest BCUT2D eigenvalue weighted by atomic mass is 32.2. The van der Waals surface area contributed by atoms with Gasteiger partial charge in [-0.15, -0.1) is 6.58 Å². The number of amides is 5. The molecule has 15 nitrogen and oxygen atoms in total. The Bertz CT molecular complexity index is 2600. The lowest BCUT2D eigenvalue weighted by Gasteiger charge is -2.34. The van der Waals surface area contributed by atoms with Crippen LogP contribution in [0.25, 0.3) is 22.2 Å². The highest BCUT2D eigenvalue weighted by Crippen LogP contribution is 2.46. The fourth-order valence-corrected chi connectivity index (χ4v) is 10.1. The molecule has 4 unspecified atom stereocenters. The number of imide groups is 1. The topological polar surface area (TPSA) is 191 Å². The first-order valence-corrected chi connectivity index (χ1v) is 23.1. The second-order valence-electron chi connectivity index (χ2n) is 18.2. The van der Waals surface area contributed by atoms with Gasteiger partial charge in [-0.25, -0.2) is 23.1 Å². The van der Waals surface area contributed by atoms with Crippen LogP contribution in [-0.2, 0) is 40.4 Å². The van der Waals surface area contributed by atoms with E-state index in [-0.39, 0.29) is 32.4 Å². The average Bonchev–Trinajstić information content (AvgIpc) is 4.18. The number of rotatable bonds is 15. The first-order valence-electron chi connectivity index (χ1n) is 21.6. The van der Waals surface area contributed by atoms with Gasteiger partial charge in [0.1, 0.15) is 35.8 Å². The van der Waals surface area contributed by atoms with Gasteiger partial charge >= 0.3 is 6.09 Å². The summed E-state index contributed by atoms with van der Waals surface area (Å²) in [5, 5.41) is 2.81. The summed E-state index contributed by atoms with van der Waals surface area (Å²) in [5.41, 5.74) is 0.515. The van der Waals surface area contributed by atoms with Crippen molar-refractivity contribution in [2.24, 2.45) is 17.3 Å². The summed E-state index contributed by atoms with van der Waals surface area (Å²) < 4.78 is 45.5. The van der Waals surface area contributed by atoms with Crippen molar-refractivity contribution in [3.8, 4) is 22.8 Å². The monoisotopic (exact) mass is 891 g/mol. The minimum absolute atomic E-state index is 0.00308. The molecule has 4 aliphatic rings. The summed E-state index contributed by atoms with van der Waals surface area (Å²) in [6.07, 6.45) is 0.911. The number of pyridine rings is 1. The van der Waals surface area contributed by atoms with Crippen molar-refractivity contribution in [3.05, 3.63) is 103 Å². The fourth-order valence-electron chi connectivity index (χ4n) is 8.75. The van der Waals surface area contributed by atoms with Crippen molar-refractivity contribution < 1.29 is 46.6 Å². The van der Waals surface area contributed by atoms with Crippen LogP contribution in [0.5, 0.6) is 11.5 Å². The van der Waals surface area contributed by atoms with Gasteiger partial charge < -0.3 is 24.4 Å². The van der Waals surface area contributed by atoms with Gasteiger partial charge in [-0.3, -0.25) is 23.9 Å². The van der Waals surface area contributed by atoms with Crippen molar-refractivity contribution in [1.82, 2.24) is 24.8 Å². The van der Waals surface area contributed by atoms with E-state index >= 15 is 0 Å². The van der Waals surface area contributed by atoms with Crippen LogP contribution in [-0.4, -0.2) is 102 Å². The molecule has 64 heavy (non-hydrogen) atoms. The lowest BCUT2D eigenvalue weighted by molar-refractivity contribution is -0.146. The molecule has 0 bridgehead atoms. The zero-order valence-electron chi connectivity index (χ0n) is 36.3. The molecule has 3 aromatic carbocycles. The molecular weight excluding hydrogens is 839 g/mol. The standard InChI is InChI=1S/C48H53N5O10S/c1-6-31-26-48(31,45(57)51-64(59,60)35-18-19-35)50-43(55)40-23-34(63-41-25-38(30-15-11-8-12-16-30)49-39-22-33(61-5)17-20-36(39)41)27-52(40)42(54)24-37(47(2,3)4)44(56)53-32(28-62-46(53)58)21-29-13-9-7-10-14-29/h6-17,20,22,25,31-32,34-35,37,40H,1,18-19,21,23-24,26-28H2,2-5H3,(H,50,55)(H,51,57)/t31?,32?,34-,37?,40+,48?/m1/s1. The first kappa shape index (κ1) is 44.3. The number of benzene rings is 3. The Balaban J connectivity index is 1.10. The maximum absolute atomic E-state index is 14.8. The van der Waals surface area contributed by atoms with Crippen LogP contribution in [0.15, 0.2) is 97.6 Å². The molecule has 0 radical (unpaired) electrons. The number of hydrogen-bond acceptors (Lipinski definition) is 11. The Morgan fingerprint density at radius 2 is 1.72 bits per heavy atom. The normalized spacial score (nSPS) is 23.5. The summed E-state index contributed by atoms with van der Waals surface area (Å²) in [7, 11) is -2.39. The van der Waals surface area contributed by atoms with Crippen molar-refractivity contribution in [3.63, 3.8) is 0 Å². The van der Waals surface area contributed by atoms with E-state index in [2.05, 4.69) is 16.6 Å². The summed E-state index contributed by atoms with van der Waals surface area (Å²) in [5.74, 6) is -3.22. The van der Waals surface area contributed by atoms with E-state index in [1.165, 1.54) is 11.0 Å². The van der Waals surface area contributed by atoms with E-state index in [0.29, 0.717) is 47.4 Å². The number of nitrogens with zero attached hydrogens (tertiary/aromatic N) is 3. The van der Waals surface area contributed by atoms with Gasteiger partial charge in [0.15, 0.2) is 0 Å². The number of likely N-dealkylation sites (tertiary alicyclic amines) is 1. The number of aromatic nitrogens is 1. The van der Waals surface area contributed by atoms with Gasteiger partial charge in [-0.05, 0) is 48.8 Å². The number of cyclic esters (lactones) is 1. The molecule has 5 amide bonds. The second kappa shape index (κ2) is 17.4. The number of nitrogens with one attached hydrogen (secondary N) is 2. The van der Waals surface area contributed by atoms with E-state index in [0.717, 1.165) is 16.0 Å². The van der Waals surface area contributed by atoms with E-state index < -0.39 is 86.0 Å². The van der Waals surface area contributed by atoms with Crippen LogP contribution >= 0.6 is 0 Å². The van der Waals surface area contributed by atoms with Crippen LogP contribution in [0.4, 0.5) is 4.79 Å². The van der Waals surface area contributed by atoms with Crippen LogP contribution in [0.3, 0.4) is 0 Å². The molecule has 4 fully saturated rings. The van der Waals surface area contributed by atoms with Gasteiger partial charge in [-0.2, -0.15) is 0 Å². The largest absolute Gasteiger partial charge is 0.497 e. The molecule has 4 aromatic rings. The van der Waals surface area contributed by atoms with E-state index in [9.17, 15) is 32.4 Å². The highest BCUT2D eigenvalue weighted by Gasteiger charge is 2.62. The van der Waals surface area contributed by atoms with Gasteiger partial charge in [-0.1, -0.05) is 87.5 Å². The Kier molecular flexibility index (Phi) is 12.0. The quantitative estimate of drug-likeness (QED) is 0.142. The molecule has 8 rings (SSSR count). The van der Waals surface area contributed by atoms with E-state index in [1.54, 1.807) is 25.3 Å². The third kappa shape index (κ3) is 9.05. The van der Waals surface area contributed by atoms with Crippen LogP contribution < -0.4 is 19.5 Å². The number of sulfonamides is 1. The van der Waals surface area contributed by atoms with Crippen molar-refractivity contribution in [2.45, 2.75) is 88.3 Å². The van der Waals surface area contributed by atoms with Crippen LogP contribution in [0.2, 0.25) is 0 Å². The number of hydrogen-bond donors (Lipinski definition) is 2. The van der Waals surface area contributed by atoms with Gasteiger partial charge in [0.25, 0.3) is 5.91 Å². The first-order chi connectivity index (χ1) is 30.5. The molecule has 0 spiro atoms. The summed E-state index contributed by atoms with van der Waals surface area (Å²) in [4.78, 5) is 78.2. The summed E-state index contributed by atoms with van der Waals surface area (Å²) >= 11 is 0. The third-order valence-electron chi connectivity index (χ3n) is 12.7. The maximum Gasteiger partial charge on any atom is 0.416 e. The molecule has 1 aromatic heterocycles. The Hall–Kier alpha value is -6.29. The summed E-state index contributed by atoms with van der Waals surface area (Å²) in [6, 6.07) is 24.4. The molecule has 6 atom stereocenters. The van der Waals surface area contributed by atoms with Crippen molar-refractivity contribution in [2.75, 3.05) is 20.3 Å². The summed E-state index contributed by atoms with van der Waals surface area (Å²) in [6.45, 7) is 9.16. The van der Waals surface area contributed by atoms with Crippen molar-refractivity contribution in [1.29, 1.82) is 0 Å². The second-order valence-corrected chi connectivity index (χ2v) is 20.2. The molecule has 3 heterocycles. The predicted molar refractivity (Wildman–Crippen MR) is 237 cm³/mol. The maximum atomic E-state index is 14.8.